The molecule has 0 aromatic carbocycles. The number of rotatable bonds is 4. The topological polar surface area (TPSA) is 55.6 Å². The van der Waals surface area contributed by atoms with Gasteiger partial charge in [-0.05, 0) is 6.42 Å². The second-order valence-electron chi connectivity index (χ2n) is 3.49. The van der Waals surface area contributed by atoms with Crippen LogP contribution in [-0.4, -0.2) is 44.2 Å². The second-order valence-corrected chi connectivity index (χ2v) is 3.49. The normalized spacial score (nSPS) is 22.3. The van der Waals surface area contributed by atoms with Crippen LogP contribution in [0.5, 0.6) is 0 Å². The lowest BCUT2D eigenvalue weighted by Gasteiger charge is -2.15. The van der Waals surface area contributed by atoms with Crippen molar-refractivity contribution in [2.24, 2.45) is 11.7 Å². The minimum Gasteiger partial charge on any atom is -0.384 e. The third-order valence-corrected chi connectivity index (χ3v) is 2.40. The molecule has 0 saturated carbocycles. The Kier molecular flexibility index (Phi) is 4.18. The van der Waals surface area contributed by atoms with Crippen LogP contribution in [0.25, 0.3) is 0 Å². The number of hydrogen-bond acceptors (Lipinski definition) is 3. The summed E-state index contributed by atoms with van der Waals surface area (Å²) < 4.78 is 5.05. The average molecular weight is 186 g/mol. The third kappa shape index (κ3) is 2.97. The van der Waals surface area contributed by atoms with Crippen LogP contribution in [0, 0.1) is 5.92 Å². The number of nitrogens with two attached hydrogens (primary N) is 1. The number of hydrogen-bond donors (Lipinski definition) is 1. The smallest absolute Gasteiger partial charge is 0.223 e. The Bertz CT molecular complexity index is 173. The molecular formula is C9H18N2O2. The van der Waals surface area contributed by atoms with Crippen molar-refractivity contribution < 1.29 is 9.53 Å². The van der Waals surface area contributed by atoms with E-state index in [9.17, 15) is 4.79 Å². The summed E-state index contributed by atoms with van der Waals surface area (Å²) >= 11 is 0. The monoisotopic (exact) mass is 186 g/mol. The highest BCUT2D eigenvalue weighted by molar-refractivity contribution is 5.76. The maximum atomic E-state index is 11.4. The van der Waals surface area contributed by atoms with Crippen LogP contribution >= 0.6 is 0 Å². The van der Waals surface area contributed by atoms with Crippen LogP contribution in [0.3, 0.4) is 0 Å². The molecule has 2 N–H and O–H groups in total. The molecule has 0 radical (unpaired) electrons. The van der Waals surface area contributed by atoms with Crippen LogP contribution in [0.4, 0.5) is 0 Å². The maximum Gasteiger partial charge on any atom is 0.223 e. The van der Waals surface area contributed by atoms with Crippen LogP contribution in [0.2, 0.25) is 0 Å². The van der Waals surface area contributed by atoms with Crippen molar-refractivity contribution in [3.63, 3.8) is 0 Å². The first kappa shape index (κ1) is 10.5. The zero-order valence-corrected chi connectivity index (χ0v) is 8.16. The highest BCUT2D eigenvalue weighted by atomic mass is 16.5. The van der Waals surface area contributed by atoms with Gasteiger partial charge in [-0.3, -0.25) is 4.79 Å². The zero-order valence-electron chi connectivity index (χ0n) is 8.16. The van der Waals surface area contributed by atoms with Crippen LogP contribution < -0.4 is 5.73 Å². The van der Waals surface area contributed by atoms with Crippen molar-refractivity contribution in [3.05, 3.63) is 0 Å². The fourth-order valence-corrected chi connectivity index (χ4v) is 1.71. The SMILES string of the molecule is COC[C@H]1CCN(C(=O)CCN)C1. The number of carbonyl (C=O) groups is 1. The van der Waals surface area contributed by atoms with Gasteiger partial charge in [0.05, 0.1) is 6.61 Å². The van der Waals surface area contributed by atoms with Crippen LogP contribution in [0.15, 0.2) is 0 Å². The van der Waals surface area contributed by atoms with Crippen LogP contribution in [0.1, 0.15) is 12.8 Å². The van der Waals surface area contributed by atoms with Gasteiger partial charge in [0, 0.05) is 39.1 Å². The van der Waals surface area contributed by atoms with E-state index in [1.807, 2.05) is 4.90 Å². The van der Waals surface area contributed by atoms with Crippen LogP contribution in [-0.2, 0) is 9.53 Å². The van der Waals surface area contributed by atoms with E-state index in [1.165, 1.54) is 0 Å². The first-order valence-electron chi connectivity index (χ1n) is 4.74. The summed E-state index contributed by atoms with van der Waals surface area (Å²) in [6, 6.07) is 0. The van der Waals surface area contributed by atoms with E-state index < -0.39 is 0 Å². The predicted octanol–water partition coefficient (Wildman–Crippen LogP) is -0.170. The number of methoxy groups -OCH3 is 1. The molecule has 0 aromatic heterocycles. The highest BCUT2D eigenvalue weighted by Gasteiger charge is 2.25. The Labute approximate surface area is 79.0 Å². The van der Waals surface area contributed by atoms with E-state index in [2.05, 4.69) is 0 Å². The van der Waals surface area contributed by atoms with Crippen molar-refractivity contribution in [1.29, 1.82) is 0 Å². The first-order valence-corrected chi connectivity index (χ1v) is 4.74. The summed E-state index contributed by atoms with van der Waals surface area (Å²) in [7, 11) is 1.70. The number of ether oxygens (including phenoxy) is 1. The lowest BCUT2D eigenvalue weighted by Crippen LogP contribution is -2.30. The molecule has 0 unspecified atom stereocenters. The van der Waals surface area contributed by atoms with Crippen molar-refractivity contribution in [1.82, 2.24) is 4.90 Å². The minimum atomic E-state index is 0.182. The fourth-order valence-electron chi connectivity index (χ4n) is 1.71. The molecule has 0 spiro atoms. The number of amides is 1. The van der Waals surface area contributed by atoms with E-state index in [0.29, 0.717) is 18.9 Å². The van der Waals surface area contributed by atoms with Gasteiger partial charge in [-0.2, -0.15) is 0 Å². The summed E-state index contributed by atoms with van der Waals surface area (Å²) in [5.41, 5.74) is 5.32. The molecule has 1 fully saturated rings. The molecule has 13 heavy (non-hydrogen) atoms. The number of nitrogens with zero attached hydrogens (tertiary/aromatic N) is 1. The zero-order chi connectivity index (χ0) is 9.68. The molecule has 0 bridgehead atoms. The van der Waals surface area contributed by atoms with Gasteiger partial charge < -0.3 is 15.4 Å². The molecule has 0 aromatic rings. The molecule has 1 heterocycles. The van der Waals surface area contributed by atoms with Gasteiger partial charge in [0.25, 0.3) is 0 Å². The summed E-state index contributed by atoms with van der Waals surface area (Å²) in [5.74, 6) is 0.702. The molecule has 1 saturated heterocycles. The van der Waals surface area contributed by atoms with Gasteiger partial charge in [0.15, 0.2) is 0 Å². The highest BCUT2D eigenvalue weighted by Crippen LogP contribution is 2.16. The molecule has 1 aliphatic rings. The van der Waals surface area contributed by atoms with Gasteiger partial charge in [-0.15, -0.1) is 0 Å². The summed E-state index contributed by atoms with van der Waals surface area (Å²) in [5, 5.41) is 0. The summed E-state index contributed by atoms with van der Waals surface area (Å²) in [4.78, 5) is 13.3. The molecule has 0 aliphatic carbocycles. The second kappa shape index (κ2) is 5.19. The van der Waals surface area contributed by atoms with Crippen molar-refractivity contribution in [2.75, 3.05) is 33.4 Å². The Hall–Kier alpha value is -0.610. The molecule has 76 valence electrons. The van der Waals surface area contributed by atoms with Gasteiger partial charge in [0.2, 0.25) is 5.91 Å². The summed E-state index contributed by atoms with van der Waals surface area (Å²) in [6.07, 6.45) is 1.53. The molecular weight excluding hydrogens is 168 g/mol. The van der Waals surface area contributed by atoms with Crippen molar-refractivity contribution in [3.8, 4) is 0 Å². The Morgan fingerprint density at radius 2 is 2.46 bits per heavy atom. The molecule has 4 heteroatoms. The minimum absolute atomic E-state index is 0.182. The Morgan fingerprint density at radius 1 is 1.69 bits per heavy atom. The van der Waals surface area contributed by atoms with E-state index in [4.69, 9.17) is 10.5 Å². The lowest BCUT2D eigenvalue weighted by molar-refractivity contribution is -0.130. The first-order chi connectivity index (χ1) is 6.27. The van der Waals surface area contributed by atoms with Crippen molar-refractivity contribution in [2.45, 2.75) is 12.8 Å². The molecule has 1 aliphatic heterocycles. The summed E-state index contributed by atoms with van der Waals surface area (Å²) in [6.45, 7) is 2.91. The Balaban J connectivity index is 2.27. The van der Waals surface area contributed by atoms with Gasteiger partial charge in [0.1, 0.15) is 0 Å². The fraction of sp³-hybridized carbons (Fsp3) is 0.889. The molecule has 1 amide bonds. The third-order valence-electron chi connectivity index (χ3n) is 2.40. The van der Waals surface area contributed by atoms with E-state index in [-0.39, 0.29) is 5.91 Å². The van der Waals surface area contributed by atoms with Gasteiger partial charge >= 0.3 is 0 Å². The quantitative estimate of drug-likeness (QED) is 0.663. The van der Waals surface area contributed by atoms with E-state index in [0.717, 1.165) is 26.1 Å². The van der Waals surface area contributed by atoms with E-state index >= 15 is 0 Å². The average Bonchev–Trinajstić information content (AvgIpc) is 2.54. The van der Waals surface area contributed by atoms with E-state index in [1.54, 1.807) is 7.11 Å². The Morgan fingerprint density at radius 3 is 3.08 bits per heavy atom. The van der Waals surface area contributed by atoms with Crippen molar-refractivity contribution >= 4 is 5.91 Å². The molecule has 1 atom stereocenters. The molecule has 4 nitrogen and oxygen atoms in total. The lowest BCUT2D eigenvalue weighted by atomic mass is 10.1. The maximum absolute atomic E-state index is 11.4. The standard InChI is InChI=1S/C9H18N2O2/c1-13-7-8-3-5-11(6-8)9(12)2-4-10/h8H,2-7,10H2,1H3/t8-/m0/s1. The van der Waals surface area contributed by atoms with Gasteiger partial charge in [-0.25, -0.2) is 0 Å². The van der Waals surface area contributed by atoms with Gasteiger partial charge in [-0.1, -0.05) is 0 Å². The number of likely N-dealkylation sites (tertiary alicyclic amines) is 1. The molecule has 1 rings (SSSR count). The number of carbonyl (C=O) groups excluding carboxylic acids is 1. The largest absolute Gasteiger partial charge is 0.384 e. The predicted molar refractivity (Wildman–Crippen MR) is 50.2 cm³/mol.